The van der Waals surface area contributed by atoms with Crippen LogP contribution in [0.25, 0.3) is 0 Å². The van der Waals surface area contributed by atoms with E-state index in [1.807, 2.05) is 0 Å². The molecule has 1 saturated carbocycles. The Kier molecular flexibility index (Phi) is 4.55. The molecule has 1 aromatic rings. The first-order valence-electron chi connectivity index (χ1n) is 7.86. The van der Waals surface area contributed by atoms with Gasteiger partial charge in [0, 0.05) is 18.6 Å². The number of nitrogens with zero attached hydrogens (tertiary/aromatic N) is 1. The quantitative estimate of drug-likeness (QED) is 0.881. The number of rotatable bonds is 5. The summed E-state index contributed by atoms with van der Waals surface area (Å²) in [6.45, 7) is 9.83. The highest BCUT2D eigenvalue weighted by molar-refractivity contribution is 5.30. The SMILES string of the molecule is CC(N(C)C(CN)c1ccc(C2CC2)cc1)C(C)(C)C. The van der Waals surface area contributed by atoms with Crippen molar-refractivity contribution < 1.29 is 0 Å². The summed E-state index contributed by atoms with van der Waals surface area (Å²) in [7, 11) is 2.20. The van der Waals surface area contributed by atoms with E-state index >= 15 is 0 Å². The second-order valence-electron chi connectivity index (χ2n) is 7.40. The van der Waals surface area contributed by atoms with Crippen LogP contribution < -0.4 is 5.73 Å². The Morgan fingerprint density at radius 1 is 1.20 bits per heavy atom. The maximum absolute atomic E-state index is 6.06. The summed E-state index contributed by atoms with van der Waals surface area (Å²) in [6, 6.07) is 9.93. The number of hydrogen-bond donors (Lipinski definition) is 1. The predicted octanol–water partition coefficient (Wildman–Crippen LogP) is 3.93. The molecular formula is C18H30N2. The minimum Gasteiger partial charge on any atom is -0.329 e. The average molecular weight is 274 g/mol. The number of hydrogen-bond acceptors (Lipinski definition) is 2. The predicted molar refractivity (Wildman–Crippen MR) is 86.9 cm³/mol. The number of nitrogens with two attached hydrogens (primary N) is 1. The molecule has 0 heterocycles. The van der Waals surface area contributed by atoms with E-state index in [-0.39, 0.29) is 5.41 Å². The summed E-state index contributed by atoms with van der Waals surface area (Å²) >= 11 is 0. The lowest BCUT2D eigenvalue weighted by molar-refractivity contribution is 0.100. The summed E-state index contributed by atoms with van der Waals surface area (Å²) in [5.74, 6) is 0.826. The summed E-state index contributed by atoms with van der Waals surface area (Å²) < 4.78 is 0. The van der Waals surface area contributed by atoms with E-state index in [1.165, 1.54) is 24.0 Å². The fourth-order valence-corrected chi connectivity index (χ4v) is 2.83. The molecule has 0 aromatic heterocycles. The van der Waals surface area contributed by atoms with Crippen molar-refractivity contribution in [1.82, 2.24) is 4.90 Å². The molecule has 0 spiro atoms. The third-order valence-corrected chi connectivity index (χ3v) is 4.95. The average Bonchev–Trinajstić information content (AvgIpc) is 3.22. The molecule has 1 aromatic carbocycles. The van der Waals surface area contributed by atoms with Crippen LogP contribution in [0.1, 0.15) is 63.6 Å². The Morgan fingerprint density at radius 2 is 1.75 bits per heavy atom. The van der Waals surface area contributed by atoms with Crippen LogP contribution in [0.5, 0.6) is 0 Å². The Bertz CT molecular complexity index is 426. The van der Waals surface area contributed by atoms with Gasteiger partial charge in [-0.3, -0.25) is 4.90 Å². The molecule has 2 N–H and O–H groups in total. The first kappa shape index (κ1) is 15.5. The molecular weight excluding hydrogens is 244 g/mol. The smallest absolute Gasteiger partial charge is 0.0470 e. The van der Waals surface area contributed by atoms with Crippen LogP contribution in [0.3, 0.4) is 0 Å². The molecule has 20 heavy (non-hydrogen) atoms. The van der Waals surface area contributed by atoms with Crippen LogP contribution in [-0.2, 0) is 0 Å². The van der Waals surface area contributed by atoms with Crippen LogP contribution >= 0.6 is 0 Å². The lowest BCUT2D eigenvalue weighted by Crippen LogP contribution is -2.43. The molecule has 2 atom stereocenters. The molecule has 0 aliphatic heterocycles. The van der Waals surface area contributed by atoms with Crippen LogP contribution in [-0.4, -0.2) is 24.5 Å². The van der Waals surface area contributed by atoms with E-state index in [0.29, 0.717) is 18.6 Å². The van der Waals surface area contributed by atoms with E-state index in [9.17, 15) is 0 Å². The highest BCUT2D eigenvalue weighted by Gasteiger charge is 2.29. The lowest BCUT2D eigenvalue weighted by atomic mass is 9.86. The van der Waals surface area contributed by atoms with Gasteiger partial charge in [-0.2, -0.15) is 0 Å². The Balaban J connectivity index is 2.14. The van der Waals surface area contributed by atoms with Crippen molar-refractivity contribution >= 4 is 0 Å². The lowest BCUT2D eigenvalue weighted by Gasteiger charge is -2.40. The zero-order valence-electron chi connectivity index (χ0n) is 13.7. The van der Waals surface area contributed by atoms with Gasteiger partial charge in [0.15, 0.2) is 0 Å². The minimum absolute atomic E-state index is 0.260. The van der Waals surface area contributed by atoms with Crippen LogP contribution in [0.15, 0.2) is 24.3 Å². The van der Waals surface area contributed by atoms with E-state index in [2.05, 4.69) is 63.9 Å². The van der Waals surface area contributed by atoms with Gasteiger partial charge in [0.25, 0.3) is 0 Å². The van der Waals surface area contributed by atoms with Crippen LogP contribution in [0.2, 0.25) is 0 Å². The molecule has 0 bridgehead atoms. The zero-order chi connectivity index (χ0) is 14.9. The van der Waals surface area contributed by atoms with Gasteiger partial charge in [-0.25, -0.2) is 0 Å². The molecule has 1 aliphatic rings. The van der Waals surface area contributed by atoms with Crippen molar-refractivity contribution in [2.45, 2.75) is 58.5 Å². The Labute approximate surface area is 124 Å². The van der Waals surface area contributed by atoms with Crippen molar-refractivity contribution in [2.24, 2.45) is 11.1 Å². The van der Waals surface area contributed by atoms with Crippen molar-refractivity contribution in [3.8, 4) is 0 Å². The largest absolute Gasteiger partial charge is 0.329 e. The fourth-order valence-electron chi connectivity index (χ4n) is 2.83. The first-order chi connectivity index (χ1) is 9.34. The Hall–Kier alpha value is -0.860. The van der Waals surface area contributed by atoms with Gasteiger partial charge in [-0.15, -0.1) is 0 Å². The van der Waals surface area contributed by atoms with E-state index in [1.54, 1.807) is 0 Å². The maximum atomic E-state index is 6.06. The second kappa shape index (κ2) is 5.87. The zero-order valence-corrected chi connectivity index (χ0v) is 13.7. The summed E-state index contributed by atoms with van der Waals surface area (Å²) in [5.41, 5.74) is 9.15. The second-order valence-corrected chi connectivity index (χ2v) is 7.40. The third-order valence-electron chi connectivity index (χ3n) is 4.95. The standard InChI is InChI=1S/C18H30N2/c1-13(18(2,3)4)20(5)17(12-19)16-10-8-15(9-11-16)14-6-7-14/h8-11,13-14,17H,6-7,12,19H2,1-5H3. The van der Waals surface area contributed by atoms with Crippen molar-refractivity contribution in [3.05, 3.63) is 35.4 Å². The van der Waals surface area contributed by atoms with Crippen molar-refractivity contribution in [2.75, 3.05) is 13.6 Å². The summed E-state index contributed by atoms with van der Waals surface area (Å²) in [5, 5.41) is 0. The molecule has 112 valence electrons. The molecule has 0 saturated heterocycles. The Morgan fingerprint density at radius 3 is 2.15 bits per heavy atom. The van der Waals surface area contributed by atoms with Gasteiger partial charge in [0.2, 0.25) is 0 Å². The van der Waals surface area contributed by atoms with Crippen LogP contribution in [0.4, 0.5) is 0 Å². The number of likely N-dealkylation sites (N-methyl/N-ethyl adjacent to an activating group) is 1. The highest BCUT2D eigenvalue weighted by Crippen LogP contribution is 2.40. The topological polar surface area (TPSA) is 29.3 Å². The van der Waals surface area contributed by atoms with Crippen molar-refractivity contribution in [1.29, 1.82) is 0 Å². The molecule has 2 nitrogen and oxygen atoms in total. The molecule has 0 radical (unpaired) electrons. The highest BCUT2D eigenvalue weighted by atomic mass is 15.2. The summed E-state index contributed by atoms with van der Waals surface area (Å²) in [4.78, 5) is 2.42. The molecule has 1 fully saturated rings. The van der Waals surface area contributed by atoms with Gasteiger partial charge < -0.3 is 5.73 Å². The third kappa shape index (κ3) is 3.42. The van der Waals surface area contributed by atoms with Gasteiger partial charge >= 0.3 is 0 Å². The van der Waals surface area contributed by atoms with E-state index in [4.69, 9.17) is 5.73 Å². The fraction of sp³-hybridized carbons (Fsp3) is 0.667. The molecule has 1 aliphatic carbocycles. The number of benzene rings is 1. The van der Waals surface area contributed by atoms with Crippen LogP contribution in [0, 0.1) is 5.41 Å². The van der Waals surface area contributed by atoms with E-state index in [0.717, 1.165) is 5.92 Å². The molecule has 2 unspecified atom stereocenters. The monoisotopic (exact) mass is 274 g/mol. The maximum Gasteiger partial charge on any atom is 0.0470 e. The van der Waals surface area contributed by atoms with Gasteiger partial charge in [-0.05, 0) is 49.3 Å². The normalized spacial score (nSPS) is 19.1. The van der Waals surface area contributed by atoms with Gasteiger partial charge in [0.05, 0.1) is 0 Å². The van der Waals surface area contributed by atoms with Gasteiger partial charge in [0.1, 0.15) is 0 Å². The molecule has 0 amide bonds. The summed E-state index contributed by atoms with van der Waals surface area (Å²) in [6.07, 6.45) is 2.72. The minimum atomic E-state index is 0.260. The van der Waals surface area contributed by atoms with Gasteiger partial charge in [-0.1, -0.05) is 45.0 Å². The van der Waals surface area contributed by atoms with Crippen molar-refractivity contribution in [3.63, 3.8) is 0 Å². The first-order valence-corrected chi connectivity index (χ1v) is 7.86. The molecule has 2 heteroatoms. The molecule has 2 rings (SSSR count). The van der Waals surface area contributed by atoms with E-state index < -0.39 is 0 Å².